The number of aromatic nitrogens is 2. The second-order valence-corrected chi connectivity index (χ2v) is 7.94. The monoisotopic (exact) mass is 426 g/mol. The normalized spacial score (nSPS) is 12.3. The van der Waals surface area contributed by atoms with Crippen LogP contribution in [0.15, 0.2) is 42.5 Å². The van der Waals surface area contributed by atoms with E-state index in [1.807, 2.05) is 42.5 Å². The van der Waals surface area contributed by atoms with E-state index in [4.69, 9.17) is 26.3 Å². The number of hydrogen-bond donors (Lipinski definition) is 1. The lowest BCUT2D eigenvalue weighted by Crippen LogP contribution is -2.25. The minimum Gasteiger partial charge on any atom is -0.497 e. The summed E-state index contributed by atoms with van der Waals surface area (Å²) in [6, 6.07) is 13.8. The molecule has 0 amide bonds. The molecule has 0 aliphatic heterocycles. The number of ether oxygens (including phenoxy) is 1. The number of rotatable bonds is 10. The molecule has 6 heteroatoms. The maximum Gasteiger partial charge on any atom is 0.162 e. The van der Waals surface area contributed by atoms with Crippen molar-refractivity contribution in [2.75, 3.05) is 32.1 Å². The largest absolute Gasteiger partial charge is 0.497 e. The summed E-state index contributed by atoms with van der Waals surface area (Å²) in [6.07, 6.45) is 2.21. The Morgan fingerprint density at radius 2 is 1.80 bits per heavy atom. The van der Waals surface area contributed by atoms with E-state index in [1.54, 1.807) is 7.11 Å². The highest BCUT2D eigenvalue weighted by molar-refractivity contribution is 6.31. The van der Waals surface area contributed by atoms with Gasteiger partial charge in [-0.15, -0.1) is 0 Å². The van der Waals surface area contributed by atoms with Gasteiger partial charge in [0.15, 0.2) is 5.82 Å². The molecule has 1 atom stereocenters. The fourth-order valence-corrected chi connectivity index (χ4v) is 3.72. The highest BCUT2D eigenvalue weighted by Crippen LogP contribution is 2.29. The maximum atomic E-state index is 6.27. The zero-order chi connectivity index (χ0) is 21.5. The van der Waals surface area contributed by atoms with Gasteiger partial charge >= 0.3 is 0 Å². The lowest BCUT2D eigenvalue weighted by molar-refractivity contribution is 0.295. The second-order valence-electron chi connectivity index (χ2n) is 7.50. The van der Waals surface area contributed by atoms with E-state index < -0.39 is 0 Å². The smallest absolute Gasteiger partial charge is 0.162 e. The summed E-state index contributed by atoms with van der Waals surface area (Å²) in [5, 5.41) is 5.22. The standard InChI is InChI=1S/C24H31ClN4O/c1-5-29(6-2)15-7-8-17(3)26-24-21-16-19(25)11-14-22(21)27-23(28-24)18-9-12-20(30-4)13-10-18/h9-14,16-17H,5-8,15H2,1-4H3,(H,26,27,28). The Balaban J connectivity index is 1.85. The molecule has 0 aliphatic carbocycles. The highest BCUT2D eigenvalue weighted by Gasteiger charge is 2.13. The van der Waals surface area contributed by atoms with Crippen LogP contribution in [0, 0.1) is 0 Å². The number of hydrogen-bond acceptors (Lipinski definition) is 5. The first kappa shape index (κ1) is 22.3. The molecule has 160 valence electrons. The van der Waals surface area contributed by atoms with Crippen LogP contribution < -0.4 is 10.1 Å². The fourth-order valence-electron chi connectivity index (χ4n) is 3.55. The lowest BCUT2D eigenvalue weighted by atomic mass is 10.1. The molecule has 3 aromatic rings. The zero-order valence-corrected chi connectivity index (χ0v) is 19.0. The third-order valence-electron chi connectivity index (χ3n) is 5.40. The first-order valence-electron chi connectivity index (χ1n) is 10.6. The SMILES string of the molecule is CCN(CC)CCCC(C)Nc1nc(-c2ccc(OC)cc2)nc2ccc(Cl)cc12. The predicted molar refractivity (Wildman–Crippen MR) is 127 cm³/mol. The third kappa shape index (κ3) is 5.61. The molecule has 0 saturated carbocycles. The van der Waals surface area contributed by atoms with Crippen LogP contribution in [0.4, 0.5) is 5.82 Å². The average molecular weight is 427 g/mol. The van der Waals surface area contributed by atoms with Crippen LogP contribution in [0.3, 0.4) is 0 Å². The van der Waals surface area contributed by atoms with Crippen LogP contribution in [0.1, 0.15) is 33.6 Å². The Morgan fingerprint density at radius 3 is 2.47 bits per heavy atom. The Kier molecular flexibility index (Phi) is 7.88. The fraction of sp³-hybridized carbons (Fsp3) is 0.417. The van der Waals surface area contributed by atoms with Gasteiger partial charge in [0.05, 0.1) is 12.6 Å². The Bertz CT molecular complexity index is 957. The van der Waals surface area contributed by atoms with Crippen LogP contribution >= 0.6 is 11.6 Å². The summed E-state index contributed by atoms with van der Waals surface area (Å²) in [4.78, 5) is 12.1. The van der Waals surface area contributed by atoms with Gasteiger partial charge in [-0.25, -0.2) is 9.97 Å². The predicted octanol–water partition coefficient (Wildman–Crippen LogP) is 5.88. The molecule has 1 aromatic heterocycles. The van der Waals surface area contributed by atoms with E-state index in [1.165, 1.54) is 0 Å². The number of benzene rings is 2. The van der Waals surface area contributed by atoms with Crippen LogP contribution in [-0.4, -0.2) is 47.7 Å². The van der Waals surface area contributed by atoms with Gasteiger partial charge in [0.25, 0.3) is 0 Å². The molecule has 30 heavy (non-hydrogen) atoms. The van der Waals surface area contributed by atoms with Crippen molar-refractivity contribution in [2.24, 2.45) is 0 Å². The molecule has 3 rings (SSSR count). The average Bonchev–Trinajstić information content (AvgIpc) is 2.77. The van der Waals surface area contributed by atoms with Crippen molar-refractivity contribution in [2.45, 2.75) is 39.7 Å². The van der Waals surface area contributed by atoms with Crippen molar-refractivity contribution in [3.8, 4) is 17.1 Å². The molecule has 2 aromatic carbocycles. The topological polar surface area (TPSA) is 50.3 Å². The minimum absolute atomic E-state index is 0.293. The summed E-state index contributed by atoms with van der Waals surface area (Å²) < 4.78 is 5.26. The molecule has 0 aliphatic rings. The zero-order valence-electron chi connectivity index (χ0n) is 18.3. The molecular weight excluding hydrogens is 396 g/mol. The van der Waals surface area contributed by atoms with Crippen LogP contribution in [0.5, 0.6) is 5.75 Å². The van der Waals surface area contributed by atoms with E-state index in [0.29, 0.717) is 16.9 Å². The maximum absolute atomic E-state index is 6.27. The molecule has 1 N–H and O–H groups in total. The van der Waals surface area contributed by atoms with Crippen LogP contribution in [0.2, 0.25) is 5.02 Å². The number of anilines is 1. The molecule has 0 fully saturated rings. The van der Waals surface area contributed by atoms with Crippen molar-refractivity contribution in [1.82, 2.24) is 14.9 Å². The van der Waals surface area contributed by atoms with Crippen molar-refractivity contribution < 1.29 is 4.74 Å². The Morgan fingerprint density at radius 1 is 1.07 bits per heavy atom. The van der Waals surface area contributed by atoms with Crippen LogP contribution in [-0.2, 0) is 0 Å². The quantitative estimate of drug-likeness (QED) is 0.438. The summed E-state index contributed by atoms with van der Waals surface area (Å²) in [5.74, 6) is 2.32. The van der Waals surface area contributed by atoms with E-state index in [2.05, 4.69) is 31.0 Å². The van der Waals surface area contributed by atoms with Gasteiger partial charge < -0.3 is 15.0 Å². The van der Waals surface area contributed by atoms with E-state index in [-0.39, 0.29) is 0 Å². The van der Waals surface area contributed by atoms with Gasteiger partial charge in [-0.1, -0.05) is 25.4 Å². The van der Waals surface area contributed by atoms with E-state index in [9.17, 15) is 0 Å². The summed E-state index contributed by atoms with van der Waals surface area (Å²) >= 11 is 6.27. The van der Waals surface area contributed by atoms with Gasteiger partial charge in [-0.2, -0.15) is 0 Å². The number of fused-ring (bicyclic) bond motifs is 1. The van der Waals surface area contributed by atoms with Crippen molar-refractivity contribution in [1.29, 1.82) is 0 Å². The molecule has 1 unspecified atom stereocenters. The number of nitrogens with zero attached hydrogens (tertiary/aromatic N) is 3. The molecule has 1 heterocycles. The molecular formula is C24H31ClN4O. The van der Waals surface area contributed by atoms with Gasteiger partial charge in [0, 0.05) is 22.0 Å². The van der Waals surface area contributed by atoms with E-state index >= 15 is 0 Å². The first-order chi connectivity index (χ1) is 14.5. The summed E-state index contributed by atoms with van der Waals surface area (Å²) in [7, 11) is 1.66. The summed E-state index contributed by atoms with van der Waals surface area (Å²) in [5.41, 5.74) is 1.82. The third-order valence-corrected chi connectivity index (χ3v) is 5.63. The number of methoxy groups -OCH3 is 1. The highest BCUT2D eigenvalue weighted by atomic mass is 35.5. The van der Waals surface area contributed by atoms with Crippen LogP contribution in [0.25, 0.3) is 22.3 Å². The minimum atomic E-state index is 0.293. The molecule has 0 radical (unpaired) electrons. The van der Waals surface area contributed by atoms with Gasteiger partial charge in [-0.05, 0) is 81.9 Å². The molecule has 0 spiro atoms. The number of halogens is 1. The Labute approximate surface area is 184 Å². The lowest BCUT2D eigenvalue weighted by Gasteiger charge is -2.20. The van der Waals surface area contributed by atoms with Gasteiger partial charge in [-0.3, -0.25) is 0 Å². The van der Waals surface area contributed by atoms with E-state index in [0.717, 1.165) is 60.5 Å². The Hall–Kier alpha value is -2.37. The van der Waals surface area contributed by atoms with Gasteiger partial charge in [0.2, 0.25) is 0 Å². The molecule has 0 saturated heterocycles. The first-order valence-corrected chi connectivity index (χ1v) is 11.0. The molecule has 0 bridgehead atoms. The number of nitrogens with one attached hydrogen (secondary N) is 1. The van der Waals surface area contributed by atoms with Crippen molar-refractivity contribution in [3.63, 3.8) is 0 Å². The van der Waals surface area contributed by atoms with Crippen molar-refractivity contribution in [3.05, 3.63) is 47.5 Å². The molecule has 5 nitrogen and oxygen atoms in total. The van der Waals surface area contributed by atoms with Gasteiger partial charge in [0.1, 0.15) is 11.6 Å². The second kappa shape index (κ2) is 10.6. The van der Waals surface area contributed by atoms with Crippen molar-refractivity contribution >= 4 is 28.3 Å². The summed E-state index contributed by atoms with van der Waals surface area (Å²) in [6.45, 7) is 9.93.